The van der Waals surface area contributed by atoms with Crippen molar-refractivity contribution < 1.29 is 29.0 Å². The molecule has 6 nitrogen and oxygen atoms in total. The molecule has 1 heterocycles. The number of carboxylic acid groups (broad SMARTS) is 1. The van der Waals surface area contributed by atoms with Crippen LogP contribution < -0.4 is 0 Å². The van der Waals surface area contributed by atoms with Crippen LogP contribution in [0.5, 0.6) is 0 Å². The molecule has 1 saturated heterocycles. The van der Waals surface area contributed by atoms with Crippen molar-refractivity contribution in [1.82, 2.24) is 0 Å². The molecular formula is C20H32O6. The van der Waals surface area contributed by atoms with Crippen molar-refractivity contribution in [2.24, 2.45) is 28.6 Å². The van der Waals surface area contributed by atoms with E-state index in [1.54, 1.807) is 13.8 Å². The smallest absolute Gasteiger partial charge is 0.311 e. The quantitative estimate of drug-likeness (QED) is 0.748. The first-order valence-corrected chi connectivity index (χ1v) is 9.59. The van der Waals surface area contributed by atoms with E-state index in [4.69, 9.17) is 14.6 Å². The molecule has 6 heteroatoms. The zero-order chi connectivity index (χ0) is 19.9. The van der Waals surface area contributed by atoms with Crippen LogP contribution in [0.1, 0.15) is 67.2 Å². The van der Waals surface area contributed by atoms with E-state index in [1.165, 1.54) is 0 Å². The van der Waals surface area contributed by atoms with Crippen LogP contribution in [0, 0.1) is 28.6 Å². The molecule has 2 saturated carbocycles. The van der Waals surface area contributed by atoms with Gasteiger partial charge in [0, 0.05) is 11.8 Å². The second-order valence-corrected chi connectivity index (χ2v) is 9.05. The van der Waals surface area contributed by atoms with Crippen molar-refractivity contribution >= 4 is 17.9 Å². The summed E-state index contributed by atoms with van der Waals surface area (Å²) in [4.78, 5) is 34.0. The van der Waals surface area contributed by atoms with E-state index in [9.17, 15) is 14.4 Å². The third kappa shape index (κ3) is 3.74. The van der Waals surface area contributed by atoms with Gasteiger partial charge in [0.2, 0.25) is 0 Å². The van der Waals surface area contributed by atoms with Crippen LogP contribution in [-0.2, 0) is 23.9 Å². The Hall–Kier alpha value is -1.59. The molecule has 5 atom stereocenters. The molecule has 0 radical (unpaired) electrons. The summed E-state index contributed by atoms with van der Waals surface area (Å²) < 4.78 is 11.0. The van der Waals surface area contributed by atoms with Crippen molar-refractivity contribution in [1.29, 1.82) is 0 Å². The van der Waals surface area contributed by atoms with Crippen LogP contribution in [0.15, 0.2) is 0 Å². The first-order valence-electron chi connectivity index (χ1n) is 9.59. The second kappa shape index (κ2) is 7.20. The number of aliphatic carboxylic acids is 1. The summed E-state index contributed by atoms with van der Waals surface area (Å²) in [6.45, 7) is 11.1. The van der Waals surface area contributed by atoms with E-state index in [1.807, 2.05) is 27.7 Å². The van der Waals surface area contributed by atoms with Crippen LogP contribution in [0.4, 0.5) is 0 Å². The molecule has 3 aliphatic rings. The summed E-state index contributed by atoms with van der Waals surface area (Å²) in [6.07, 6.45) is 2.88. The highest BCUT2D eigenvalue weighted by atomic mass is 16.6. The van der Waals surface area contributed by atoms with Crippen LogP contribution >= 0.6 is 0 Å². The minimum Gasteiger partial charge on any atom is -0.481 e. The summed E-state index contributed by atoms with van der Waals surface area (Å²) >= 11 is 0. The molecule has 148 valence electrons. The van der Waals surface area contributed by atoms with Gasteiger partial charge in [-0.25, -0.2) is 0 Å². The Morgan fingerprint density at radius 1 is 1.12 bits per heavy atom. The molecule has 2 bridgehead atoms. The van der Waals surface area contributed by atoms with Crippen molar-refractivity contribution in [3.05, 3.63) is 0 Å². The van der Waals surface area contributed by atoms with Gasteiger partial charge in [-0.3, -0.25) is 14.4 Å². The molecule has 2 aliphatic carbocycles. The Labute approximate surface area is 155 Å². The van der Waals surface area contributed by atoms with Crippen LogP contribution in [0.25, 0.3) is 0 Å². The second-order valence-electron chi connectivity index (χ2n) is 9.05. The normalized spacial score (nSPS) is 31.9. The molecule has 0 aromatic carbocycles. The van der Waals surface area contributed by atoms with E-state index in [0.29, 0.717) is 18.3 Å². The lowest BCUT2D eigenvalue weighted by Crippen LogP contribution is -2.39. The zero-order valence-electron chi connectivity index (χ0n) is 16.7. The lowest BCUT2D eigenvalue weighted by Gasteiger charge is -2.29. The molecule has 0 aromatic heterocycles. The molecule has 0 amide bonds. The van der Waals surface area contributed by atoms with Crippen LogP contribution in [-0.4, -0.2) is 35.2 Å². The van der Waals surface area contributed by atoms with Crippen molar-refractivity contribution in [2.45, 2.75) is 79.4 Å². The molecule has 1 aliphatic heterocycles. The highest BCUT2D eigenvalue weighted by molar-refractivity contribution is 5.78. The Bertz CT molecular complexity index is 579. The van der Waals surface area contributed by atoms with Gasteiger partial charge in [0.1, 0.15) is 12.2 Å². The Kier molecular flexibility index (Phi) is 5.74. The summed E-state index contributed by atoms with van der Waals surface area (Å²) in [7, 11) is 0. The van der Waals surface area contributed by atoms with Gasteiger partial charge in [-0.05, 0) is 53.4 Å². The zero-order valence-corrected chi connectivity index (χ0v) is 16.7. The number of carbonyl (C=O) groups is 3. The molecule has 0 spiro atoms. The SMILES string of the molecule is CCC(C)(C)C(=O)O.CCC(C)(C)C(=O)OC1C2CC3C(=O)OC1C3C2. The fourth-order valence-electron chi connectivity index (χ4n) is 3.64. The number of rotatable bonds is 5. The third-order valence-electron chi connectivity index (χ3n) is 6.56. The minimum absolute atomic E-state index is 0.0779. The topological polar surface area (TPSA) is 89.9 Å². The van der Waals surface area contributed by atoms with Gasteiger partial charge in [-0.1, -0.05) is 13.8 Å². The summed E-state index contributed by atoms with van der Waals surface area (Å²) in [5.74, 6) is -0.268. The van der Waals surface area contributed by atoms with Gasteiger partial charge in [0.05, 0.1) is 16.7 Å². The van der Waals surface area contributed by atoms with Gasteiger partial charge in [0.15, 0.2) is 0 Å². The average molecular weight is 368 g/mol. The van der Waals surface area contributed by atoms with E-state index in [0.717, 1.165) is 19.3 Å². The summed E-state index contributed by atoms with van der Waals surface area (Å²) in [6, 6.07) is 0. The summed E-state index contributed by atoms with van der Waals surface area (Å²) in [5, 5.41) is 8.44. The number of hydrogen-bond donors (Lipinski definition) is 1. The number of ether oxygens (including phenoxy) is 2. The lowest BCUT2D eigenvalue weighted by molar-refractivity contribution is -0.170. The molecule has 1 N–H and O–H groups in total. The minimum atomic E-state index is -0.722. The maximum atomic E-state index is 12.1. The maximum absolute atomic E-state index is 12.1. The predicted molar refractivity (Wildman–Crippen MR) is 95.2 cm³/mol. The number of carbonyl (C=O) groups excluding carboxylic acids is 2. The molecule has 3 rings (SSSR count). The lowest BCUT2D eigenvalue weighted by atomic mass is 9.87. The van der Waals surface area contributed by atoms with Crippen molar-refractivity contribution in [2.75, 3.05) is 0 Å². The highest BCUT2D eigenvalue weighted by Crippen LogP contribution is 2.55. The Morgan fingerprint density at radius 2 is 1.69 bits per heavy atom. The van der Waals surface area contributed by atoms with E-state index >= 15 is 0 Å². The fraction of sp³-hybridized carbons (Fsp3) is 0.850. The molecule has 3 fully saturated rings. The Balaban J connectivity index is 0.000000260. The average Bonchev–Trinajstić information content (AvgIpc) is 3.20. The predicted octanol–water partition coefficient (Wildman–Crippen LogP) is 3.42. The van der Waals surface area contributed by atoms with Gasteiger partial charge in [-0.15, -0.1) is 0 Å². The van der Waals surface area contributed by atoms with Crippen molar-refractivity contribution in [3.63, 3.8) is 0 Å². The molecular weight excluding hydrogens is 336 g/mol. The maximum Gasteiger partial charge on any atom is 0.311 e. The molecule has 26 heavy (non-hydrogen) atoms. The Morgan fingerprint density at radius 3 is 2.15 bits per heavy atom. The number of carboxylic acids is 1. The van der Waals surface area contributed by atoms with E-state index < -0.39 is 16.8 Å². The summed E-state index contributed by atoms with van der Waals surface area (Å²) in [5.41, 5.74) is -0.996. The fourth-order valence-corrected chi connectivity index (χ4v) is 3.64. The number of esters is 2. The largest absolute Gasteiger partial charge is 0.481 e. The monoisotopic (exact) mass is 368 g/mol. The van der Waals surface area contributed by atoms with Gasteiger partial charge in [0.25, 0.3) is 0 Å². The van der Waals surface area contributed by atoms with Crippen molar-refractivity contribution in [3.8, 4) is 0 Å². The highest BCUT2D eigenvalue weighted by Gasteiger charge is 2.63. The third-order valence-corrected chi connectivity index (χ3v) is 6.56. The first kappa shape index (κ1) is 20.7. The van der Waals surface area contributed by atoms with Crippen LogP contribution in [0.2, 0.25) is 0 Å². The van der Waals surface area contributed by atoms with Crippen LogP contribution in [0.3, 0.4) is 0 Å². The first-order chi connectivity index (χ1) is 11.9. The molecule has 5 unspecified atom stereocenters. The number of fused-ring (bicyclic) bond motifs is 1. The standard InChI is InChI=1S/C14H20O4.C6H12O2/c1-4-14(2,3)13(16)18-10-7-5-8-9(6-7)12(15)17-11(8)10;1-4-6(2,3)5(7)8/h7-11H,4-6H2,1-3H3;4H2,1-3H3,(H,7,8). The van der Waals surface area contributed by atoms with Gasteiger partial charge in [-0.2, -0.15) is 0 Å². The number of hydrogen-bond acceptors (Lipinski definition) is 5. The van der Waals surface area contributed by atoms with E-state index in [-0.39, 0.29) is 30.1 Å². The van der Waals surface area contributed by atoms with Gasteiger partial charge >= 0.3 is 17.9 Å². The van der Waals surface area contributed by atoms with E-state index in [2.05, 4.69) is 0 Å². The van der Waals surface area contributed by atoms with Gasteiger partial charge < -0.3 is 14.6 Å². The molecule has 0 aromatic rings.